The second-order valence-electron chi connectivity index (χ2n) is 6.23. The molecule has 0 bridgehead atoms. The molecule has 0 aliphatic heterocycles. The van der Waals surface area contributed by atoms with Gasteiger partial charge in [0.05, 0.1) is 18.2 Å². The highest BCUT2D eigenvalue weighted by Crippen LogP contribution is 2.35. The van der Waals surface area contributed by atoms with E-state index in [0.717, 1.165) is 36.5 Å². The molecule has 1 aromatic heterocycles. The maximum Gasteiger partial charge on any atom is 0.221 e. The molecule has 1 aliphatic rings. The van der Waals surface area contributed by atoms with Crippen molar-refractivity contribution >= 4 is 22.4 Å². The highest BCUT2D eigenvalue weighted by atomic mass is 35.5. The number of halogens is 1. The minimum absolute atomic E-state index is 0.338. The van der Waals surface area contributed by atoms with Crippen LogP contribution in [0.5, 0.6) is 11.6 Å². The molecular formula is C18H23ClN2O2. The fourth-order valence-corrected chi connectivity index (χ4v) is 3.04. The van der Waals surface area contributed by atoms with E-state index in [1.165, 1.54) is 0 Å². The van der Waals surface area contributed by atoms with E-state index in [1.54, 1.807) is 6.20 Å². The number of unbranched alkanes of at least 4 members (excludes halogenated alkanes) is 1. The number of nitrogens with zero attached hydrogens (tertiary/aromatic N) is 1. The van der Waals surface area contributed by atoms with E-state index in [0.29, 0.717) is 41.8 Å². The Balaban J connectivity index is 1.75. The fraction of sp³-hybridized carbons (Fsp3) is 0.500. The quantitative estimate of drug-likeness (QED) is 0.771. The average Bonchev–Trinajstić information content (AvgIpc) is 2.51. The van der Waals surface area contributed by atoms with E-state index in [9.17, 15) is 0 Å². The molecule has 23 heavy (non-hydrogen) atoms. The van der Waals surface area contributed by atoms with Gasteiger partial charge in [-0.3, -0.25) is 0 Å². The van der Waals surface area contributed by atoms with Gasteiger partial charge in [0, 0.05) is 17.6 Å². The number of rotatable bonds is 7. The Morgan fingerprint density at radius 1 is 1.30 bits per heavy atom. The predicted octanol–water partition coefficient (Wildman–Crippen LogP) is 4.18. The zero-order valence-corrected chi connectivity index (χ0v) is 14.2. The van der Waals surface area contributed by atoms with Gasteiger partial charge >= 0.3 is 0 Å². The van der Waals surface area contributed by atoms with Crippen molar-refractivity contribution in [1.82, 2.24) is 4.98 Å². The van der Waals surface area contributed by atoms with Crippen molar-refractivity contribution in [2.75, 3.05) is 13.2 Å². The number of aromatic nitrogens is 1. The summed E-state index contributed by atoms with van der Waals surface area (Å²) in [5, 5.41) is 2.54. The van der Waals surface area contributed by atoms with Gasteiger partial charge in [-0.1, -0.05) is 24.9 Å². The molecule has 1 aliphatic carbocycles. The van der Waals surface area contributed by atoms with Crippen LogP contribution in [0, 0.1) is 5.92 Å². The van der Waals surface area contributed by atoms with E-state index in [1.807, 2.05) is 18.2 Å². The van der Waals surface area contributed by atoms with Crippen LogP contribution in [-0.2, 0) is 0 Å². The number of benzene rings is 1. The maximum absolute atomic E-state index is 6.38. The topological polar surface area (TPSA) is 57.4 Å². The van der Waals surface area contributed by atoms with E-state index >= 15 is 0 Å². The summed E-state index contributed by atoms with van der Waals surface area (Å²) in [7, 11) is 0. The summed E-state index contributed by atoms with van der Waals surface area (Å²) in [6.07, 6.45) is 5.92. The van der Waals surface area contributed by atoms with Crippen molar-refractivity contribution in [3.63, 3.8) is 0 Å². The van der Waals surface area contributed by atoms with Crippen LogP contribution < -0.4 is 15.2 Å². The van der Waals surface area contributed by atoms with Gasteiger partial charge < -0.3 is 15.2 Å². The van der Waals surface area contributed by atoms with Crippen molar-refractivity contribution in [2.45, 2.75) is 38.6 Å². The number of nitrogens with two attached hydrogens (primary N) is 1. The zero-order valence-electron chi connectivity index (χ0n) is 13.4. The average molecular weight is 335 g/mol. The van der Waals surface area contributed by atoms with Gasteiger partial charge in [0.15, 0.2) is 0 Å². The normalized spacial score (nSPS) is 20.3. The van der Waals surface area contributed by atoms with E-state index in [-0.39, 0.29) is 0 Å². The van der Waals surface area contributed by atoms with Gasteiger partial charge in [0.2, 0.25) is 5.88 Å². The van der Waals surface area contributed by atoms with Gasteiger partial charge in [0.1, 0.15) is 5.75 Å². The third kappa shape index (κ3) is 3.88. The van der Waals surface area contributed by atoms with E-state index < -0.39 is 0 Å². The lowest BCUT2D eigenvalue weighted by atomic mass is 9.82. The molecular weight excluding hydrogens is 312 g/mol. The SMILES string of the molecule is CCCCOc1nccc2cc(OCC3CC(N)C3)c(Cl)cc12. The molecule has 124 valence electrons. The first-order valence-corrected chi connectivity index (χ1v) is 8.64. The number of hydrogen-bond acceptors (Lipinski definition) is 4. The molecule has 2 N–H and O–H groups in total. The molecule has 0 spiro atoms. The molecule has 0 saturated heterocycles. The number of pyridine rings is 1. The molecule has 0 amide bonds. The predicted molar refractivity (Wildman–Crippen MR) is 93.4 cm³/mol. The molecule has 5 heteroatoms. The molecule has 0 atom stereocenters. The fourth-order valence-electron chi connectivity index (χ4n) is 2.82. The first-order valence-electron chi connectivity index (χ1n) is 8.26. The maximum atomic E-state index is 6.38. The van der Waals surface area contributed by atoms with Gasteiger partial charge in [-0.15, -0.1) is 0 Å². The summed E-state index contributed by atoms with van der Waals surface area (Å²) >= 11 is 6.38. The summed E-state index contributed by atoms with van der Waals surface area (Å²) in [5.74, 6) is 1.89. The molecule has 1 saturated carbocycles. The Kier molecular flexibility index (Phi) is 5.23. The summed E-state index contributed by atoms with van der Waals surface area (Å²) in [6, 6.07) is 6.13. The smallest absolute Gasteiger partial charge is 0.221 e. The Morgan fingerprint density at radius 2 is 2.13 bits per heavy atom. The van der Waals surface area contributed by atoms with Crippen LogP contribution in [-0.4, -0.2) is 24.2 Å². The van der Waals surface area contributed by atoms with Crippen molar-refractivity contribution in [3.05, 3.63) is 29.4 Å². The van der Waals surface area contributed by atoms with Crippen LogP contribution in [0.4, 0.5) is 0 Å². The van der Waals surface area contributed by atoms with Crippen molar-refractivity contribution < 1.29 is 9.47 Å². The van der Waals surface area contributed by atoms with Gasteiger partial charge in [-0.2, -0.15) is 0 Å². The molecule has 3 rings (SSSR count). The van der Waals surface area contributed by atoms with Crippen molar-refractivity contribution in [1.29, 1.82) is 0 Å². The number of fused-ring (bicyclic) bond motifs is 1. The lowest BCUT2D eigenvalue weighted by Crippen LogP contribution is -2.39. The zero-order chi connectivity index (χ0) is 16.2. The molecule has 1 aromatic carbocycles. The van der Waals surface area contributed by atoms with Gasteiger partial charge in [-0.05, 0) is 48.8 Å². The van der Waals surface area contributed by atoms with Gasteiger partial charge in [-0.25, -0.2) is 4.98 Å². The van der Waals surface area contributed by atoms with E-state index in [4.69, 9.17) is 26.8 Å². The minimum atomic E-state index is 0.338. The van der Waals surface area contributed by atoms with Gasteiger partial charge in [0.25, 0.3) is 0 Å². The third-order valence-corrected chi connectivity index (χ3v) is 4.56. The molecule has 2 aromatic rings. The van der Waals surface area contributed by atoms with Crippen LogP contribution in [0.25, 0.3) is 10.8 Å². The summed E-state index contributed by atoms with van der Waals surface area (Å²) in [4.78, 5) is 4.32. The lowest BCUT2D eigenvalue weighted by molar-refractivity contribution is 0.160. The molecule has 4 nitrogen and oxygen atoms in total. The highest BCUT2D eigenvalue weighted by Gasteiger charge is 2.26. The first-order chi connectivity index (χ1) is 11.2. The van der Waals surface area contributed by atoms with Crippen LogP contribution in [0.3, 0.4) is 0 Å². The molecule has 0 radical (unpaired) electrons. The van der Waals surface area contributed by atoms with Crippen molar-refractivity contribution in [2.24, 2.45) is 11.7 Å². The Bertz CT molecular complexity index is 671. The third-order valence-electron chi connectivity index (χ3n) is 4.26. The largest absolute Gasteiger partial charge is 0.492 e. The molecule has 0 unspecified atom stereocenters. The van der Waals surface area contributed by atoms with Crippen LogP contribution in [0.15, 0.2) is 24.4 Å². The minimum Gasteiger partial charge on any atom is -0.492 e. The molecule has 1 fully saturated rings. The Hall–Kier alpha value is -1.52. The monoisotopic (exact) mass is 334 g/mol. The second-order valence-corrected chi connectivity index (χ2v) is 6.64. The van der Waals surface area contributed by atoms with Crippen molar-refractivity contribution in [3.8, 4) is 11.6 Å². The van der Waals surface area contributed by atoms with Crippen LogP contribution in [0.1, 0.15) is 32.6 Å². The van der Waals surface area contributed by atoms with Crippen LogP contribution in [0.2, 0.25) is 5.02 Å². The lowest BCUT2D eigenvalue weighted by Gasteiger charge is -2.32. The first kappa shape index (κ1) is 16.3. The summed E-state index contributed by atoms with van der Waals surface area (Å²) in [5.41, 5.74) is 5.81. The van der Waals surface area contributed by atoms with Crippen LogP contribution >= 0.6 is 11.6 Å². The summed E-state index contributed by atoms with van der Waals surface area (Å²) < 4.78 is 11.7. The summed E-state index contributed by atoms with van der Waals surface area (Å²) in [6.45, 7) is 3.47. The number of ether oxygens (including phenoxy) is 2. The second kappa shape index (κ2) is 7.37. The Morgan fingerprint density at radius 3 is 2.87 bits per heavy atom. The Labute approximate surface area is 141 Å². The number of hydrogen-bond donors (Lipinski definition) is 1. The highest BCUT2D eigenvalue weighted by molar-refractivity contribution is 6.33. The standard InChI is InChI=1S/C18H23ClN2O2/c1-2-3-6-22-18-15-10-16(19)17(9-13(15)4-5-21-18)23-11-12-7-14(20)8-12/h4-5,9-10,12,14H,2-3,6-8,11,20H2,1H3. The van der Waals surface area contributed by atoms with E-state index in [2.05, 4.69) is 11.9 Å². The molecule has 1 heterocycles.